The van der Waals surface area contributed by atoms with Gasteiger partial charge in [0.2, 0.25) is 0 Å². The van der Waals surface area contributed by atoms with Gasteiger partial charge in [-0.3, -0.25) is 4.40 Å². The quantitative estimate of drug-likeness (QED) is 0.848. The minimum Gasteiger partial charge on any atom is -0.355 e. The second-order valence-electron chi connectivity index (χ2n) is 5.05. The molecule has 1 atom stereocenters. The molecule has 2 rings (SSSR count). The van der Waals surface area contributed by atoms with Crippen molar-refractivity contribution in [2.45, 2.75) is 46.1 Å². The van der Waals surface area contributed by atoms with Crippen molar-refractivity contribution in [1.82, 2.24) is 9.38 Å². The third-order valence-corrected chi connectivity index (χ3v) is 4.07. The first kappa shape index (κ1) is 14.3. The van der Waals surface area contributed by atoms with Crippen LogP contribution >= 0.6 is 11.3 Å². The van der Waals surface area contributed by atoms with Crippen molar-refractivity contribution >= 4 is 22.1 Å². The van der Waals surface area contributed by atoms with Crippen LogP contribution in [0.25, 0.3) is 4.96 Å². The van der Waals surface area contributed by atoms with Crippen LogP contribution in [0.15, 0.2) is 11.6 Å². The molecule has 0 radical (unpaired) electrons. The van der Waals surface area contributed by atoms with E-state index in [1.807, 2.05) is 0 Å². The van der Waals surface area contributed by atoms with Crippen LogP contribution in [-0.2, 0) is 6.42 Å². The zero-order chi connectivity index (χ0) is 13.8. The molecule has 2 heterocycles. The molecule has 0 saturated heterocycles. The summed E-state index contributed by atoms with van der Waals surface area (Å²) in [6.07, 6.45) is 5.38. The molecule has 4 nitrogen and oxygen atoms in total. The Labute approximate surface area is 119 Å². The molecule has 0 amide bonds. The van der Waals surface area contributed by atoms with E-state index >= 15 is 0 Å². The first-order valence-corrected chi connectivity index (χ1v) is 8.00. The molecule has 2 N–H and O–H groups in total. The predicted molar refractivity (Wildman–Crippen MR) is 83.2 cm³/mol. The Morgan fingerprint density at radius 1 is 1.47 bits per heavy atom. The molecule has 1 unspecified atom stereocenters. The molecule has 0 fully saturated rings. The fourth-order valence-corrected chi connectivity index (χ4v) is 3.06. The van der Waals surface area contributed by atoms with E-state index in [4.69, 9.17) is 10.7 Å². The third-order valence-electron chi connectivity index (χ3n) is 3.32. The number of thiazole rings is 1. The van der Waals surface area contributed by atoms with Crippen LogP contribution < -0.4 is 10.6 Å². The molecular formula is C14H24N4S. The van der Waals surface area contributed by atoms with E-state index in [-0.39, 0.29) is 6.04 Å². The van der Waals surface area contributed by atoms with E-state index in [0.717, 1.165) is 30.3 Å². The number of fused-ring (bicyclic) bond motifs is 1. The number of unbranched alkanes of at least 4 members (excludes halogenated alkanes) is 1. The summed E-state index contributed by atoms with van der Waals surface area (Å²) < 4.78 is 2.19. The van der Waals surface area contributed by atoms with Crippen LogP contribution in [0.2, 0.25) is 0 Å². The maximum absolute atomic E-state index is 6.00. The highest BCUT2D eigenvalue weighted by Gasteiger charge is 2.18. The number of anilines is 1. The van der Waals surface area contributed by atoms with Crippen molar-refractivity contribution in [3.05, 3.63) is 17.3 Å². The number of hydrogen-bond acceptors (Lipinski definition) is 4. The van der Waals surface area contributed by atoms with Gasteiger partial charge in [-0.15, -0.1) is 11.3 Å². The topological polar surface area (TPSA) is 46.6 Å². The van der Waals surface area contributed by atoms with Gasteiger partial charge >= 0.3 is 0 Å². The van der Waals surface area contributed by atoms with Crippen molar-refractivity contribution in [2.24, 2.45) is 5.73 Å². The predicted octanol–water partition coefficient (Wildman–Crippen LogP) is 2.91. The van der Waals surface area contributed by atoms with E-state index in [2.05, 4.69) is 41.6 Å². The van der Waals surface area contributed by atoms with Crippen molar-refractivity contribution in [3.63, 3.8) is 0 Å². The lowest BCUT2D eigenvalue weighted by molar-refractivity contribution is 0.694. The molecule has 0 saturated carbocycles. The minimum absolute atomic E-state index is 0.156. The molecule has 106 valence electrons. The van der Waals surface area contributed by atoms with Crippen LogP contribution in [0.4, 0.5) is 5.82 Å². The summed E-state index contributed by atoms with van der Waals surface area (Å²) in [5.74, 6) is 1.13. The largest absolute Gasteiger partial charge is 0.355 e. The number of aromatic nitrogens is 2. The summed E-state index contributed by atoms with van der Waals surface area (Å²) >= 11 is 1.69. The van der Waals surface area contributed by atoms with E-state index < -0.39 is 0 Å². The number of nitrogens with two attached hydrogens (primary N) is 1. The van der Waals surface area contributed by atoms with E-state index in [0.29, 0.717) is 0 Å². The Hall–Kier alpha value is -1.07. The highest BCUT2D eigenvalue weighted by atomic mass is 32.1. The van der Waals surface area contributed by atoms with Gasteiger partial charge in [0, 0.05) is 37.1 Å². The first-order chi connectivity index (χ1) is 9.17. The van der Waals surface area contributed by atoms with Crippen LogP contribution in [-0.4, -0.2) is 28.5 Å². The first-order valence-electron chi connectivity index (χ1n) is 7.12. The number of nitrogens with zero attached hydrogens (tertiary/aromatic N) is 3. The average Bonchev–Trinajstić information content (AvgIpc) is 2.93. The number of rotatable bonds is 7. The third kappa shape index (κ3) is 3.09. The lowest BCUT2D eigenvalue weighted by atomic mass is 10.2. The van der Waals surface area contributed by atoms with Crippen molar-refractivity contribution < 1.29 is 0 Å². The van der Waals surface area contributed by atoms with E-state index in [9.17, 15) is 0 Å². The lowest BCUT2D eigenvalue weighted by Crippen LogP contribution is -2.27. The second kappa shape index (κ2) is 6.39. The molecule has 0 aromatic carbocycles. The molecule has 0 aliphatic heterocycles. The molecule has 5 heteroatoms. The van der Waals surface area contributed by atoms with E-state index in [1.165, 1.54) is 18.5 Å². The zero-order valence-electron chi connectivity index (χ0n) is 12.1. The van der Waals surface area contributed by atoms with Gasteiger partial charge in [-0.1, -0.05) is 13.3 Å². The summed E-state index contributed by atoms with van der Waals surface area (Å²) in [6.45, 7) is 8.54. The maximum Gasteiger partial charge on any atom is 0.195 e. The van der Waals surface area contributed by atoms with Gasteiger partial charge in [0.1, 0.15) is 0 Å². The average molecular weight is 280 g/mol. The van der Waals surface area contributed by atoms with Crippen molar-refractivity contribution in [1.29, 1.82) is 0 Å². The number of hydrogen-bond donors (Lipinski definition) is 1. The van der Waals surface area contributed by atoms with Gasteiger partial charge < -0.3 is 10.6 Å². The molecular weight excluding hydrogens is 256 g/mol. The normalized spacial score (nSPS) is 13.1. The summed E-state index contributed by atoms with van der Waals surface area (Å²) in [7, 11) is 0. The summed E-state index contributed by atoms with van der Waals surface area (Å²) in [5.41, 5.74) is 7.25. The highest BCUT2D eigenvalue weighted by Crippen LogP contribution is 2.26. The molecule has 0 spiro atoms. The molecule has 0 bridgehead atoms. The molecule has 19 heavy (non-hydrogen) atoms. The standard InChI is InChI=1S/C14H24N4S/c1-4-6-7-17(5-2)13-12(10-11(3)15)18-8-9-19-14(18)16-13/h8-9,11H,4-7,10,15H2,1-3H3. The Bertz CT molecular complexity index is 514. The van der Waals surface area contributed by atoms with Gasteiger partial charge in [0.05, 0.1) is 5.69 Å². The smallest absolute Gasteiger partial charge is 0.195 e. The summed E-state index contributed by atoms with van der Waals surface area (Å²) in [6, 6.07) is 0.156. The molecule has 2 aromatic heterocycles. The SMILES string of the molecule is CCCCN(CC)c1nc2sccn2c1CC(C)N. The maximum atomic E-state index is 6.00. The summed E-state index contributed by atoms with van der Waals surface area (Å²) in [5, 5.41) is 2.08. The number of imidazole rings is 1. The van der Waals surface area contributed by atoms with Crippen LogP contribution in [0.1, 0.15) is 39.3 Å². The van der Waals surface area contributed by atoms with Crippen LogP contribution in [0.5, 0.6) is 0 Å². The molecule has 2 aromatic rings. The van der Waals surface area contributed by atoms with Gasteiger partial charge in [-0.2, -0.15) is 0 Å². The van der Waals surface area contributed by atoms with Crippen LogP contribution in [0, 0.1) is 0 Å². The van der Waals surface area contributed by atoms with Gasteiger partial charge in [-0.05, 0) is 20.3 Å². The zero-order valence-corrected chi connectivity index (χ0v) is 12.9. The highest BCUT2D eigenvalue weighted by molar-refractivity contribution is 7.15. The van der Waals surface area contributed by atoms with Gasteiger partial charge in [0.15, 0.2) is 10.8 Å². The molecule has 0 aliphatic rings. The van der Waals surface area contributed by atoms with Gasteiger partial charge in [-0.25, -0.2) is 4.98 Å². The lowest BCUT2D eigenvalue weighted by Gasteiger charge is -2.22. The fraction of sp³-hybridized carbons (Fsp3) is 0.643. The Balaban J connectivity index is 2.36. The Morgan fingerprint density at radius 2 is 2.26 bits per heavy atom. The summed E-state index contributed by atoms with van der Waals surface area (Å²) in [4.78, 5) is 8.25. The second-order valence-corrected chi connectivity index (χ2v) is 5.93. The Kier molecular flexibility index (Phi) is 4.82. The minimum atomic E-state index is 0.156. The Morgan fingerprint density at radius 3 is 2.89 bits per heavy atom. The molecule has 0 aliphatic carbocycles. The van der Waals surface area contributed by atoms with E-state index in [1.54, 1.807) is 11.3 Å². The van der Waals surface area contributed by atoms with Gasteiger partial charge in [0.25, 0.3) is 0 Å². The fourth-order valence-electron chi connectivity index (χ4n) is 2.33. The van der Waals surface area contributed by atoms with Crippen molar-refractivity contribution in [3.8, 4) is 0 Å². The monoisotopic (exact) mass is 280 g/mol. The van der Waals surface area contributed by atoms with Crippen LogP contribution in [0.3, 0.4) is 0 Å². The van der Waals surface area contributed by atoms with Crippen molar-refractivity contribution in [2.75, 3.05) is 18.0 Å².